The average Bonchev–Trinajstić information content (AvgIpc) is 3.66. The summed E-state index contributed by atoms with van der Waals surface area (Å²) < 4.78 is 6.53. The number of amides is 2. The molecule has 0 radical (unpaired) electrons. The maximum atomic E-state index is 14.4. The zero-order valence-corrected chi connectivity index (χ0v) is 24.3. The first-order chi connectivity index (χ1) is 21.3. The van der Waals surface area contributed by atoms with Crippen LogP contribution in [-0.2, 0) is 19.1 Å². The Bertz CT molecular complexity index is 1740. The number of rotatable bonds is 9. The molecule has 0 spiro atoms. The number of aromatic amines is 1. The van der Waals surface area contributed by atoms with Crippen molar-refractivity contribution in [2.75, 3.05) is 13.7 Å². The number of likely N-dealkylation sites (tertiary alicyclic amines) is 1. The maximum Gasteiger partial charge on any atom is 0.354 e. The normalized spacial score (nSPS) is 15.7. The van der Waals surface area contributed by atoms with Crippen LogP contribution < -0.4 is 16.7 Å². The lowest BCUT2D eigenvalue weighted by Gasteiger charge is -2.28. The second-order valence-corrected chi connectivity index (χ2v) is 10.3. The molecular formula is C32H32N6O6. The zero-order valence-electron chi connectivity index (χ0n) is 24.3. The molecule has 12 nitrogen and oxygen atoms in total. The van der Waals surface area contributed by atoms with Crippen molar-refractivity contribution in [3.63, 3.8) is 0 Å². The molecule has 1 aliphatic heterocycles. The van der Waals surface area contributed by atoms with Crippen LogP contribution in [0.15, 0.2) is 106 Å². The minimum absolute atomic E-state index is 0.208. The van der Waals surface area contributed by atoms with Crippen LogP contribution in [0.25, 0.3) is 5.69 Å². The highest BCUT2D eigenvalue weighted by atomic mass is 16.5. The third kappa shape index (κ3) is 6.14. The van der Waals surface area contributed by atoms with Crippen LogP contribution in [0.4, 0.5) is 0 Å². The van der Waals surface area contributed by atoms with Gasteiger partial charge >= 0.3 is 17.3 Å². The van der Waals surface area contributed by atoms with E-state index in [4.69, 9.17) is 9.73 Å². The second-order valence-electron chi connectivity index (χ2n) is 10.3. The first-order valence-electron chi connectivity index (χ1n) is 14.2. The standard InChI is InChI=1S/C32H32N6O6/c1-21(30(41)44-2)33-28(39)25-19-12-20-36(25)29(40)27(38-32(43)37(31(42)35-38)24-17-10-5-11-18-24)34-26(22-13-6-3-7-14-22)23-15-8-4-9-16-23/h3-11,13-18,21,25,27H,12,19-20H2,1-2H3,(H,33,39)(H,35,42)/t21-,25-,27?/m0/s1. The van der Waals surface area contributed by atoms with Gasteiger partial charge in [-0.25, -0.2) is 29.0 Å². The van der Waals surface area contributed by atoms with E-state index < -0.39 is 47.4 Å². The summed E-state index contributed by atoms with van der Waals surface area (Å²) in [6.45, 7) is 1.69. The van der Waals surface area contributed by atoms with Crippen LogP contribution in [0.1, 0.15) is 37.1 Å². The Kier molecular flexibility index (Phi) is 8.98. The molecule has 2 amide bonds. The predicted molar refractivity (Wildman–Crippen MR) is 163 cm³/mol. The molecular weight excluding hydrogens is 564 g/mol. The molecule has 1 aliphatic rings. The summed E-state index contributed by atoms with van der Waals surface area (Å²) in [6.07, 6.45) is -0.724. The lowest BCUT2D eigenvalue weighted by Crippen LogP contribution is -2.52. The second kappa shape index (κ2) is 13.2. The number of para-hydroxylation sites is 1. The van der Waals surface area contributed by atoms with Crippen molar-refractivity contribution in [2.45, 2.75) is 38.0 Å². The Balaban J connectivity index is 1.64. The van der Waals surface area contributed by atoms with E-state index in [2.05, 4.69) is 10.4 Å². The largest absolute Gasteiger partial charge is 0.467 e. The van der Waals surface area contributed by atoms with E-state index in [-0.39, 0.29) is 6.54 Å². The highest BCUT2D eigenvalue weighted by molar-refractivity contribution is 6.13. The van der Waals surface area contributed by atoms with Crippen molar-refractivity contribution in [1.29, 1.82) is 0 Å². The molecule has 1 fully saturated rings. The van der Waals surface area contributed by atoms with Crippen molar-refractivity contribution < 1.29 is 19.1 Å². The first-order valence-corrected chi connectivity index (χ1v) is 14.2. The zero-order chi connectivity index (χ0) is 31.2. The van der Waals surface area contributed by atoms with Gasteiger partial charge in [0.05, 0.1) is 18.5 Å². The summed E-state index contributed by atoms with van der Waals surface area (Å²) in [4.78, 5) is 72.7. The number of ether oxygens (including phenoxy) is 1. The van der Waals surface area contributed by atoms with E-state index in [1.54, 1.807) is 30.3 Å². The van der Waals surface area contributed by atoms with Crippen LogP contribution in [0.2, 0.25) is 0 Å². The molecule has 44 heavy (non-hydrogen) atoms. The number of nitrogens with one attached hydrogen (secondary N) is 2. The summed E-state index contributed by atoms with van der Waals surface area (Å²) in [6, 6.07) is 24.8. The van der Waals surface area contributed by atoms with E-state index in [9.17, 15) is 24.0 Å². The Labute approximate surface area is 252 Å². The lowest BCUT2D eigenvalue weighted by atomic mass is 10.0. The third-order valence-corrected chi connectivity index (χ3v) is 7.39. The minimum atomic E-state index is -1.57. The number of carbonyl (C=O) groups is 3. The first kappa shape index (κ1) is 30.0. The molecule has 0 bridgehead atoms. The number of carbonyl (C=O) groups excluding carboxylic acids is 3. The molecule has 226 valence electrons. The number of hydrogen-bond donors (Lipinski definition) is 2. The van der Waals surface area contributed by atoms with Crippen molar-refractivity contribution in [1.82, 2.24) is 24.6 Å². The molecule has 1 aromatic heterocycles. The van der Waals surface area contributed by atoms with Crippen molar-refractivity contribution in [2.24, 2.45) is 4.99 Å². The van der Waals surface area contributed by atoms with Crippen molar-refractivity contribution in [3.05, 3.63) is 123 Å². The lowest BCUT2D eigenvalue weighted by molar-refractivity contribution is -0.146. The molecule has 3 atom stereocenters. The van der Waals surface area contributed by atoms with E-state index >= 15 is 0 Å². The summed E-state index contributed by atoms with van der Waals surface area (Å²) in [5.74, 6) is -1.83. The number of hydrogen-bond acceptors (Lipinski definition) is 7. The highest BCUT2D eigenvalue weighted by Crippen LogP contribution is 2.24. The fourth-order valence-corrected chi connectivity index (χ4v) is 5.22. The number of benzene rings is 3. The molecule has 2 N–H and O–H groups in total. The Morgan fingerprint density at radius 3 is 2.05 bits per heavy atom. The van der Waals surface area contributed by atoms with Crippen LogP contribution in [0.5, 0.6) is 0 Å². The molecule has 12 heteroatoms. The van der Waals surface area contributed by atoms with Gasteiger partial charge in [-0.1, -0.05) is 78.9 Å². The van der Waals surface area contributed by atoms with Gasteiger partial charge in [0.2, 0.25) is 12.1 Å². The number of nitrogens with zero attached hydrogens (tertiary/aromatic N) is 4. The molecule has 2 heterocycles. The average molecular weight is 597 g/mol. The number of methoxy groups -OCH3 is 1. The van der Waals surface area contributed by atoms with E-state index in [0.29, 0.717) is 35.4 Å². The molecule has 5 rings (SSSR count). The van der Waals surface area contributed by atoms with Crippen LogP contribution in [-0.4, -0.2) is 68.5 Å². The van der Waals surface area contributed by atoms with Crippen molar-refractivity contribution in [3.8, 4) is 5.69 Å². The summed E-state index contributed by atoms with van der Waals surface area (Å²) in [7, 11) is 1.22. The van der Waals surface area contributed by atoms with Crippen LogP contribution >= 0.6 is 0 Å². The quantitative estimate of drug-likeness (QED) is 0.223. The molecule has 1 saturated heterocycles. The number of esters is 1. The van der Waals surface area contributed by atoms with Gasteiger partial charge in [0.1, 0.15) is 12.1 Å². The van der Waals surface area contributed by atoms with Crippen LogP contribution in [0.3, 0.4) is 0 Å². The summed E-state index contributed by atoms with van der Waals surface area (Å²) in [5.41, 5.74) is 0.522. The van der Waals surface area contributed by atoms with E-state index in [1.165, 1.54) is 18.9 Å². The monoisotopic (exact) mass is 596 g/mol. The maximum absolute atomic E-state index is 14.4. The Hall–Kier alpha value is -5.52. The van der Waals surface area contributed by atoms with Gasteiger partial charge in [-0.15, -0.1) is 0 Å². The summed E-state index contributed by atoms with van der Waals surface area (Å²) >= 11 is 0. The predicted octanol–water partition coefficient (Wildman–Crippen LogP) is 2.03. The molecule has 0 saturated carbocycles. The van der Waals surface area contributed by atoms with Gasteiger partial charge in [0.25, 0.3) is 5.91 Å². The highest BCUT2D eigenvalue weighted by Gasteiger charge is 2.40. The molecule has 4 aromatic rings. The van der Waals surface area contributed by atoms with Gasteiger partial charge in [0, 0.05) is 17.7 Å². The molecule has 3 aromatic carbocycles. The van der Waals surface area contributed by atoms with Gasteiger partial charge < -0.3 is 15.0 Å². The smallest absolute Gasteiger partial charge is 0.354 e. The Morgan fingerprint density at radius 1 is 0.909 bits per heavy atom. The topological polar surface area (TPSA) is 148 Å². The minimum Gasteiger partial charge on any atom is -0.467 e. The number of H-pyrrole nitrogens is 1. The van der Waals surface area contributed by atoms with Gasteiger partial charge in [-0.05, 0) is 31.9 Å². The van der Waals surface area contributed by atoms with E-state index in [0.717, 1.165) is 9.25 Å². The third-order valence-electron chi connectivity index (χ3n) is 7.39. The molecule has 1 unspecified atom stereocenters. The molecule has 0 aliphatic carbocycles. The van der Waals surface area contributed by atoms with Gasteiger partial charge in [0.15, 0.2) is 0 Å². The number of aromatic nitrogens is 3. The van der Waals surface area contributed by atoms with Gasteiger partial charge in [-0.3, -0.25) is 9.59 Å². The van der Waals surface area contributed by atoms with E-state index in [1.807, 2.05) is 60.7 Å². The van der Waals surface area contributed by atoms with Gasteiger partial charge in [-0.2, -0.15) is 4.68 Å². The fourth-order valence-electron chi connectivity index (χ4n) is 5.22. The van der Waals surface area contributed by atoms with Crippen molar-refractivity contribution >= 4 is 23.5 Å². The van der Waals surface area contributed by atoms with Crippen LogP contribution in [0, 0.1) is 0 Å². The Morgan fingerprint density at radius 2 is 1.48 bits per heavy atom. The number of aliphatic imine (C=N–C) groups is 1. The SMILES string of the molecule is COC(=O)[C@H](C)NC(=O)[C@@H]1CCCN1C(=O)C(N=C(c1ccccc1)c1ccccc1)n1[nH]c(=O)n(-c2ccccc2)c1=O. The fraction of sp³-hybridized carbons (Fsp3) is 0.250. The summed E-state index contributed by atoms with van der Waals surface area (Å²) in [5, 5.41) is 5.12.